The first-order valence-electron chi connectivity index (χ1n) is 10.6. The fourth-order valence-corrected chi connectivity index (χ4v) is 3.67. The number of carbonyl (C=O) groups excluding carboxylic acids is 1. The van der Waals surface area contributed by atoms with Crippen molar-refractivity contribution in [3.63, 3.8) is 0 Å². The Labute approximate surface area is 205 Å². The zero-order chi connectivity index (χ0) is 24.9. The van der Waals surface area contributed by atoms with Crippen LogP contribution in [0.15, 0.2) is 71.8 Å². The van der Waals surface area contributed by atoms with E-state index in [1.165, 1.54) is 23.1 Å². The largest absolute Gasteiger partial charge is 0.396 e. The molecular formula is C25H20ClN7O2. The predicted molar refractivity (Wildman–Crippen MR) is 136 cm³/mol. The number of nitrogens with zero attached hydrogens (tertiary/aromatic N) is 4. The van der Waals surface area contributed by atoms with Gasteiger partial charge in [-0.25, -0.2) is 9.48 Å². The molecule has 4 aromatic rings. The maximum Gasteiger partial charge on any atom is 0.323 e. The van der Waals surface area contributed by atoms with E-state index in [4.69, 9.17) is 17.3 Å². The van der Waals surface area contributed by atoms with Crippen LogP contribution in [0, 0.1) is 11.3 Å². The van der Waals surface area contributed by atoms with Crippen molar-refractivity contribution in [2.75, 3.05) is 16.4 Å². The Morgan fingerprint density at radius 1 is 1.09 bits per heavy atom. The second-order valence-electron chi connectivity index (χ2n) is 7.50. The van der Waals surface area contributed by atoms with Crippen molar-refractivity contribution in [3.8, 4) is 28.5 Å². The molecule has 0 saturated carbocycles. The van der Waals surface area contributed by atoms with Gasteiger partial charge in [0, 0.05) is 18.3 Å². The van der Waals surface area contributed by atoms with Gasteiger partial charge in [0.1, 0.15) is 5.69 Å². The third-order valence-corrected chi connectivity index (χ3v) is 5.46. The van der Waals surface area contributed by atoms with Crippen molar-refractivity contribution in [1.29, 1.82) is 5.26 Å². The molecule has 0 aliphatic heterocycles. The van der Waals surface area contributed by atoms with Crippen LogP contribution in [0.5, 0.6) is 0 Å². The van der Waals surface area contributed by atoms with Gasteiger partial charge in [-0.15, -0.1) is 0 Å². The summed E-state index contributed by atoms with van der Waals surface area (Å²) in [5.74, 6) is 0. The summed E-state index contributed by atoms with van der Waals surface area (Å²) in [6.07, 6.45) is 2.71. The van der Waals surface area contributed by atoms with Gasteiger partial charge in [0.25, 0.3) is 5.56 Å². The fraction of sp³-hybridized carbons (Fsp3) is 0.0800. The number of nitrogens with one attached hydrogen (secondary N) is 2. The van der Waals surface area contributed by atoms with Gasteiger partial charge in [0.05, 0.1) is 39.9 Å². The Morgan fingerprint density at radius 2 is 1.80 bits per heavy atom. The average Bonchev–Trinajstić information content (AvgIpc) is 2.87. The van der Waals surface area contributed by atoms with Crippen molar-refractivity contribution in [2.45, 2.75) is 13.5 Å². The number of nitrogens with two attached hydrogens (primary N) is 1. The summed E-state index contributed by atoms with van der Waals surface area (Å²) in [6, 6.07) is 17.8. The highest BCUT2D eigenvalue weighted by atomic mass is 35.5. The number of halogens is 1. The molecule has 4 N–H and O–H groups in total. The number of hydrogen-bond acceptors (Lipinski definition) is 6. The van der Waals surface area contributed by atoms with Crippen molar-refractivity contribution < 1.29 is 4.79 Å². The van der Waals surface area contributed by atoms with Gasteiger partial charge in [0.2, 0.25) is 0 Å². The van der Waals surface area contributed by atoms with Crippen molar-refractivity contribution in [3.05, 3.63) is 87.9 Å². The highest BCUT2D eigenvalue weighted by molar-refractivity contribution is 6.34. The zero-order valence-electron chi connectivity index (χ0n) is 18.6. The Balaban J connectivity index is 1.68. The SMILES string of the molecule is CCn1nc(-c2cccc(-c3cccc(C#N)c3)c2)cc(NC(=O)Nc2c(N)cncc2Cl)c1=O. The minimum Gasteiger partial charge on any atom is -0.396 e. The number of nitriles is 1. The van der Waals surface area contributed by atoms with Gasteiger partial charge < -0.3 is 16.4 Å². The van der Waals surface area contributed by atoms with Gasteiger partial charge in [-0.2, -0.15) is 10.4 Å². The molecule has 0 fully saturated rings. The van der Waals surface area contributed by atoms with E-state index >= 15 is 0 Å². The van der Waals surface area contributed by atoms with Crippen LogP contribution in [-0.2, 0) is 6.54 Å². The number of amides is 2. The number of aromatic nitrogens is 3. The molecule has 2 heterocycles. The Hall–Kier alpha value is -4.68. The Morgan fingerprint density at radius 3 is 2.51 bits per heavy atom. The summed E-state index contributed by atoms with van der Waals surface area (Å²) < 4.78 is 1.27. The first kappa shape index (κ1) is 23.5. The predicted octanol–water partition coefficient (Wildman–Crippen LogP) is 4.74. The molecule has 0 radical (unpaired) electrons. The molecule has 2 aromatic heterocycles. The maximum absolute atomic E-state index is 12.8. The molecule has 174 valence electrons. The lowest BCUT2D eigenvalue weighted by molar-refractivity contribution is 0.262. The van der Waals surface area contributed by atoms with Crippen molar-refractivity contribution in [2.24, 2.45) is 0 Å². The minimum absolute atomic E-state index is 0.0370. The number of rotatable bonds is 5. The molecule has 2 aromatic carbocycles. The van der Waals surface area contributed by atoms with E-state index < -0.39 is 11.6 Å². The quantitative estimate of drug-likeness (QED) is 0.373. The second-order valence-corrected chi connectivity index (χ2v) is 7.91. The van der Waals surface area contributed by atoms with Crippen molar-refractivity contribution >= 4 is 34.7 Å². The molecule has 10 heteroatoms. The van der Waals surface area contributed by atoms with Gasteiger partial charge in [-0.05, 0) is 42.3 Å². The summed E-state index contributed by atoms with van der Waals surface area (Å²) in [6.45, 7) is 2.08. The first-order valence-corrected chi connectivity index (χ1v) is 11.0. The van der Waals surface area contributed by atoms with E-state index in [1.54, 1.807) is 19.1 Å². The zero-order valence-corrected chi connectivity index (χ0v) is 19.4. The molecule has 0 aliphatic carbocycles. The highest BCUT2D eigenvalue weighted by Gasteiger charge is 2.15. The molecule has 35 heavy (non-hydrogen) atoms. The highest BCUT2D eigenvalue weighted by Crippen LogP contribution is 2.28. The summed E-state index contributed by atoms with van der Waals surface area (Å²) >= 11 is 6.07. The van der Waals surface area contributed by atoms with E-state index in [0.717, 1.165) is 16.7 Å². The lowest BCUT2D eigenvalue weighted by Gasteiger charge is -2.13. The molecular weight excluding hydrogens is 466 g/mol. The third-order valence-electron chi connectivity index (χ3n) is 5.17. The van der Waals surface area contributed by atoms with Crippen LogP contribution in [0.3, 0.4) is 0 Å². The lowest BCUT2D eigenvalue weighted by atomic mass is 10.00. The van der Waals surface area contributed by atoms with Crippen LogP contribution in [0.25, 0.3) is 22.4 Å². The first-order chi connectivity index (χ1) is 16.9. The van der Waals surface area contributed by atoms with E-state index in [2.05, 4.69) is 26.8 Å². The number of benzene rings is 2. The summed E-state index contributed by atoms with van der Waals surface area (Å²) in [7, 11) is 0. The van der Waals surface area contributed by atoms with Crippen LogP contribution in [0.1, 0.15) is 12.5 Å². The van der Waals surface area contributed by atoms with E-state index in [-0.39, 0.29) is 22.1 Å². The third kappa shape index (κ3) is 5.13. The van der Waals surface area contributed by atoms with Gasteiger partial charge in [-0.3, -0.25) is 9.78 Å². The average molecular weight is 486 g/mol. The molecule has 0 bridgehead atoms. The van der Waals surface area contributed by atoms with Crippen LogP contribution >= 0.6 is 11.6 Å². The number of urea groups is 1. The Kier molecular flexibility index (Phi) is 6.76. The summed E-state index contributed by atoms with van der Waals surface area (Å²) in [5, 5.41) is 18.9. The molecule has 9 nitrogen and oxygen atoms in total. The number of aryl methyl sites for hydroxylation is 1. The molecule has 0 unspecified atom stereocenters. The Bertz CT molecular complexity index is 1500. The smallest absolute Gasteiger partial charge is 0.323 e. The normalized spacial score (nSPS) is 10.4. The van der Waals surface area contributed by atoms with Gasteiger partial charge in [0.15, 0.2) is 0 Å². The molecule has 0 aliphatic rings. The van der Waals surface area contributed by atoms with E-state index in [0.29, 0.717) is 17.8 Å². The minimum atomic E-state index is -0.691. The number of anilines is 3. The topological polar surface area (TPSA) is 139 Å². The maximum atomic E-state index is 12.8. The lowest BCUT2D eigenvalue weighted by Crippen LogP contribution is -2.30. The van der Waals surface area contributed by atoms with E-state index in [1.807, 2.05) is 36.4 Å². The van der Waals surface area contributed by atoms with E-state index in [9.17, 15) is 14.9 Å². The molecule has 0 saturated heterocycles. The standard InChI is InChI=1S/C25H20ClN7O2/c1-2-33-24(34)22(30-25(35)31-23-19(26)13-29-14-20(23)28)11-21(32-33)18-8-4-7-17(10-18)16-6-3-5-15(9-16)12-27/h3-11,13-14H,2,28H2,1H3,(H2,29,30,31,35). The number of carbonyl (C=O) groups is 1. The van der Waals surface area contributed by atoms with Crippen molar-refractivity contribution in [1.82, 2.24) is 14.8 Å². The number of hydrogen-bond donors (Lipinski definition) is 3. The number of nitrogen functional groups attached to an aromatic ring is 1. The molecule has 2 amide bonds. The molecule has 0 spiro atoms. The molecule has 0 atom stereocenters. The monoisotopic (exact) mass is 485 g/mol. The van der Waals surface area contributed by atoms with Crippen LogP contribution < -0.4 is 21.9 Å². The van der Waals surface area contributed by atoms with Gasteiger partial charge >= 0.3 is 6.03 Å². The van der Waals surface area contributed by atoms with Gasteiger partial charge in [-0.1, -0.05) is 41.9 Å². The second kappa shape index (κ2) is 10.1. The number of pyridine rings is 1. The van der Waals surface area contributed by atoms with Crippen LogP contribution in [-0.4, -0.2) is 20.8 Å². The summed E-state index contributed by atoms with van der Waals surface area (Å²) in [4.78, 5) is 29.3. The van der Waals surface area contributed by atoms with Crippen LogP contribution in [0.4, 0.5) is 21.9 Å². The summed E-state index contributed by atoms with van der Waals surface area (Å²) in [5.41, 5.74) is 9.32. The van der Waals surface area contributed by atoms with Crippen LogP contribution in [0.2, 0.25) is 5.02 Å². The molecule has 4 rings (SSSR count). The fourth-order valence-electron chi connectivity index (χ4n) is 3.46.